The zero-order chi connectivity index (χ0) is 11.8. The van der Waals surface area contributed by atoms with E-state index in [0.717, 1.165) is 16.8 Å². The van der Waals surface area contributed by atoms with Crippen LogP contribution in [-0.2, 0) is 0 Å². The zero-order valence-corrected chi connectivity index (χ0v) is 9.34. The number of rotatable bonds is 1. The molecule has 0 aliphatic heterocycles. The van der Waals surface area contributed by atoms with Gasteiger partial charge in [-0.2, -0.15) is 4.98 Å². The molecule has 0 amide bonds. The molecule has 3 rings (SSSR count). The van der Waals surface area contributed by atoms with E-state index in [4.69, 9.17) is 10.2 Å². The standard InChI is InChI=1S/C13H11N3O/c1-8-4-5-9(7-10(8)14)13-16-12-11(17-13)3-2-6-15-12/h2-7H,14H2,1H3. The predicted molar refractivity (Wildman–Crippen MR) is 66.4 cm³/mol. The molecule has 1 aromatic carbocycles. The Labute approximate surface area is 98.1 Å². The van der Waals surface area contributed by atoms with Crippen LogP contribution in [0.2, 0.25) is 0 Å². The summed E-state index contributed by atoms with van der Waals surface area (Å²) in [6.45, 7) is 1.97. The van der Waals surface area contributed by atoms with Crippen molar-refractivity contribution in [3.63, 3.8) is 0 Å². The molecule has 0 unspecified atom stereocenters. The van der Waals surface area contributed by atoms with Crippen LogP contribution in [0.3, 0.4) is 0 Å². The van der Waals surface area contributed by atoms with Gasteiger partial charge in [-0.25, -0.2) is 4.98 Å². The summed E-state index contributed by atoms with van der Waals surface area (Å²) >= 11 is 0. The van der Waals surface area contributed by atoms with Gasteiger partial charge in [-0.1, -0.05) is 6.07 Å². The van der Waals surface area contributed by atoms with Crippen LogP contribution in [0, 0.1) is 6.92 Å². The Bertz CT molecular complexity index is 655. The lowest BCUT2D eigenvalue weighted by Crippen LogP contribution is -1.89. The van der Waals surface area contributed by atoms with Crippen LogP contribution in [0.4, 0.5) is 5.69 Å². The topological polar surface area (TPSA) is 64.9 Å². The Hall–Kier alpha value is -2.36. The van der Waals surface area contributed by atoms with Gasteiger partial charge in [0.15, 0.2) is 11.2 Å². The first-order valence-corrected chi connectivity index (χ1v) is 5.32. The first kappa shape index (κ1) is 9.84. The lowest BCUT2D eigenvalue weighted by Gasteiger charge is -2.00. The van der Waals surface area contributed by atoms with Crippen LogP contribution >= 0.6 is 0 Å². The number of fused-ring (bicyclic) bond motifs is 1. The summed E-state index contributed by atoms with van der Waals surface area (Å²) in [5.74, 6) is 0.547. The van der Waals surface area contributed by atoms with Gasteiger partial charge in [0, 0.05) is 17.4 Å². The average Bonchev–Trinajstić information content (AvgIpc) is 2.76. The van der Waals surface area contributed by atoms with Crippen LogP contribution in [0.25, 0.3) is 22.7 Å². The second-order valence-electron chi connectivity index (χ2n) is 3.92. The summed E-state index contributed by atoms with van der Waals surface area (Å²) in [5.41, 5.74) is 9.81. The minimum atomic E-state index is 0.547. The summed E-state index contributed by atoms with van der Waals surface area (Å²) in [6, 6.07) is 9.42. The second kappa shape index (κ2) is 3.59. The molecule has 2 N–H and O–H groups in total. The number of aromatic nitrogens is 2. The van der Waals surface area contributed by atoms with Gasteiger partial charge in [-0.15, -0.1) is 0 Å². The van der Waals surface area contributed by atoms with Gasteiger partial charge in [-0.05, 0) is 36.8 Å². The molecule has 2 aromatic heterocycles. The van der Waals surface area contributed by atoms with Crippen molar-refractivity contribution in [3.8, 4) is 11.5 Å². The number of benzene rings is 1. The smallest absolute Gasteiger partial charge is 0.228 e. The van der Waals surface area contributed by atoms with E-state index in [2.05, 4.69) is 9.97 Å². The molecule has 2 heterocycles. The fraction of sp³-hybridized carbons (Fsp3) is 0.0769. The molecule has 17 heavy (non-hydrogen) atoms. The van der Waals surface area contributed by atoms with Crippen molar-refractivity contribution < 1.29 is 4.42 Å². The van der Waals surface area contributed by atoms with Crippen LogP contribution in [0.1, 0.15) is 5.56 Å². The minimum Gasteiger partial charge on any atom is -0.434 e. The number of pyridine rings is 1. The third-order valence-corrected chi connectivity index (χ3v) is 2.69. The van der Waals surface area contributed by atoms with Crippen molar-refractivity contribution in [1.82, 2.24) is 9.97 Å². The van der Waals surface area contributed by atoms with Crippen molar-refractivity contribution in [1.29, 1.82) is 0 Å². The number of aryl methyl sites for hydroxylation is 1. The highest BCUT2D eigenvalue weighted by atomic mass is 16.3. The quantitative estimate of drug-likeness (QED) is 0.647. The number of hydrogen-bond acceptors (Lipinski definition) is 4. The molecule has 0 saturated heterocycles. The summed E-state index contributed by atoms with van der Waals surface area (Å²) in [7, 11) is 0. The average molecular weight is 225 g/mol. The SMILES string of the molecule is Cc1ccc(-c2nc3ncccc3o2)cc1N. The van der Waals surface area contributed by atoms with E-state index >= 15 is 0 Å². The highest BCUT2D eigenvalue weighted by molar-refractivity contribution is 5.73. The van der Waals surface area contributed by atoms with E-state index in [1.54, 1.807) is 6.20 Å². The van der Waals surface area contributed by atoms with Crippen LogP contribution < -0.4 is 5.73 Å². The second-order valence-corrected chi connectivity index (χ2v) is 3.92. The predicted octanol–water partition coefficient (Wildman–Crippen LogP) is 2.78. The van der Waals surface area contributed by atoms with Crippen molar-refractivity contribution >= 4 is 16.9 Å². The fourth-order valence-electron chi connectivity index (χ4n) is 1.67. The molecule has 0 spiro atoms. The summed E-state index contributed by atoms with van der Waals surface area (Å²) < 4.78 is 5.62. The van der Waals surface area contributed by atoms with Crippen LogP contribution in [0.15, 0.2) is 40.9 Å². The molecular formula is C13H11N3O. The van der Waals surface area contributed by atoms with Gasteiger partial charge >= 0.3 is 0 Å². The van der Waals surface area contributed by atoms with Gasteiger partial charge < -0.3 is 10.2 Å². The number of hydrogen-bond donors (Lipinski definition) is 1. The summed E-state index contributed by atoms with van der Waals surface area (Å²) in [4.78, 5) is 8.45. The number of nitrogens with two attached hydrogens (primary N) is 1. The Balaban J connectivity index is 2.17. The van der Waals surface area contributed by atoms with Crippen molar-refractivity contribution in [2.75, 3.05) is 5.73 Å². The van der Waals surface area contributed by atoms with Gasteiger partial charge in [0.1, 0.15) is 0 Å². The first-order chi connectivity index (χ1) is 8.24. The van der Waals surface area contributed by atoms with Gasteiger partial charge in [0.05, 0.1) is 0 Å². The molecule has 3 aromatic rings. The maximum absolute atomic E-state index is 5.87. The molecule has 0 fully saturated rings. The van der Waals surface area contributed by atoms with Gasteiger partial charge in [0.25, 0.3) is 0 Å². The molecular weight excluding hydrogens is 214 g/mol. The van der Waals surface area contributed by atoms with E-state index < -0.39 is 0 Å². The van der Waals surface area contributed by atoms with E-state index in [0.29, 0.717) is 17.1 Å². The van der Waals surface area contributed by atoms with Crippen molar-refractivity contribution in [3.05, 3.63) is 42.1 Å². The number of anilines is 1. The molecule has 0 atom stereocenters. The largest absolute Gasteiger partial charge is 0.434 e. The number of nitrogen functional groups attached to an aromatic ring is 1. The Morgan fingerprint density at radius 1 is 1.24 bits per heavy atom. The van der Waals surface area contributed by atoms with Crippen LogP contribution in [0.5, 0.6) is 0 Å². The summed E-state index contributed by atoms with van der Waals surface area (Å²) in [6.07, 6.45) is 1.69. The maximum atomic E-state index is 5.87. The maximum Gasteiger partial charge on any atom is 0.228 e. The molecule has 0 aliphatic carbocycles. The Morgan fingerprint density at radius 2 is 2.12 bits per heavy atom. The summed E-state index contributed by atoms with van der Waals surface area (Å²) in [5, 5.41) is 0. The molecule has 84 valence electrons. The monoisotopic (exact) mass is 225 g/mol. The molecule has 0 aliphatic rings. The third-order valence-electron chi connectivity index (χ3n) is 2.69. The molecule has 0 saturated carbocycles. The van der Waals surface area contributed by atoms with Gasteiger partial charge in [-0.3, -0.25) is 0 Å². The van der Waals surface area contributed by atoms with E-state index in [1.165, 1.54) is 0 Å². The van der Waals surface area contributed by atoms with E-state index in [-0.39, 0.29) is 0 Å². The third kappa shape index (κ3) is 1.63. The van der Waals surface area contributed by atoms with Crippen molar-refractivity contribution in [2.45, 2.75) is 6.92 Å². The normalized spacial score (nSPS) is 10.9. The molecule has 4 heteroatoms. The van der Waals surface area contributed by atoms with Crippen LogP contribution in [-0.4, -0.2) is 9.97 Å². The fourth-order valence-corrected chi connectivity index (χ4v) is 1.67. The lowest BCUT2D eigenvalue weighted by atomic mass is 10.1. The van der Waals surface area contributed by atoms with Gasteiger partial charge in [0.2, 0.25) is 5.89 Å². The van der Waals surface area contributed by atoms with Crippen molar-refractivity contribution in [2.24, 2.45) is 0 Å². The molecule has 0 radical (unpaired) electrons. The highest BCUT2D eigenvalue weighted by Crippen LogP contribution is 2.25. The number of nitrogens with zero attached hydrogens (tertiary/aromatic N) is 2. The highest BCUT2D eigenvalue weighted by Gasteiger charge is 2.09. The molecule has 0 bridgehead atoms. The van der Waals surface area contributed by atoms with E-state index in [1.807, 2.05) is 37.3 Å². The van der Waals surface area contributed by atoms with E-state index in [9.17, 15) is 0 Å². The minimum absolute atomic E-state index is 0.547. The number of oxazole rings is 1. The Morgan fingerprint density at radius 3 is 2.88 bits per heavy atom. The lowest BCUT2D eigenvalue weighted by molar-refractivity contribution is 0.619. The first-order valence-electron chi connectivity index (χ1n) is 5.32. The Kier molecular flexibility index (Phi) is 2.08. The molecule has 4 nitrogen and oxygen atoms in total. The zero-order valence-electron chi connectivity index (χ0n) is 9.34.